The highest BCUT2D eigenvalue weighted by Crippen LogP contribution is 2.47. The molecule has 26 heavy (non-hydrogen) atoms. The molecule has 136 valence electrons. The Morgan fingerprint density at radius 3 is 2.73 bits per heavy atom. The van der Waals surface area contributed by atoms with Crippen molar-refractivity contribution in [3.8, 4) is 0 Å². The van der Waals surface area contributed by atoms with Crippen molar-refractivity contribution >= 4 is 5.91 Å². The lowest BCUT2D eigenvalue weighted by molar-refractivity contribution is -0.110. The van der Waals surface area contributed by atoms with E-state index in [1.807, 2.05) is 30.3 Å². The Hall–Kier alpha value is -2.27. The summed E-state index contributed by atoms with van der Waals surface area (Å²) in [6, 6.07) is 11.1. The third-order valence-corrected chi connectivity index (χ3v) is 6.01. The average Bonchev–Trinajstić information content (AvgIpc) is 2.69. The molecule has 1 saturated carbocycles. The number of nitrogens with zero attached hydrogens (tertiary/aromatic N) is 2. The van der Waals surface area contributed by atoms with Gasteiger partial charge in [-0.3, -0.25) is 9.78 Å². The van der Waals surface area contributed by atoms with Crippen LogP contribution in [0.4, 0.5) is 4.39 Å². The molecule has 0 bridgehead atoms. The van der Waals surface area contributed by atoms with Crippen LogP contribution in [-0.4, -0.2) is 33.5 Å². The predicted molar refractivity (Wildman–Crippen MR) is 95.9 cm³/mol. The molecule has 4 nitrogen and oxygen atoms in total. The van der Waals surface area contributed by atoms with Crippen LogP contribution >= 0.6 is 0 Å². The van der Waals surface area contributed by atoms with Gasteiger partial charge in [0.25, 0.3) is 5.91 Å². The Kier molecular flexibility index (Phi) is 4.49. The van der Waals surface area contributed by atoms with Crippen LogP contribution < -0.4 is 0 Å². The van der Waals surface area contributed by atoms with Crippen molar-refractivity contribution in [2.24, 2.45) is 5.92 Å². The third kappa shape index (κ3) is 2.80. The molecule has 0 unspecified atom stereocenters. The summed E-state index contributed by atoms with van der Waals surface area (Å²) in [5, 5.41) is 11.5. The van der Waals surface area contributed by atoms with E-state index < -0.39 is 11.4 Å². The van der Waals surface area contributed by atoms with Crippen molar-refractivity contribution in [2.45, 2.75) is 43.7 Å². The number of halogens is 1. The van der Waals surface area contributed by atoms with Crippen LogP contribution in [-0.2, 0) is 5.60 Å². The molecule has 5 heteroatoms. The van der Waals surface area contributed by atoms with Gasteiger partial charge in [0.2, 0.25) is 0 Å². The lowest BCUT2D eigenvalue weighted by Crippen LogP contribution is -2.59. The zero-order valence-electron chi connectivity index (χ0n) is 14.6. The number of piperidine rings is 1. The van der Waals surface area contributed by atoms with Crippen LogP contribution in [0.15, 0.2) is 48.8 Å². The molecule has 2 aromatic rings. The number of amides is 1. The molecule has 1 aromatic carbocycles. The van der Waals surface area contributed by atoms with Gasteiger partial charge in [-0.2, -0.15) is 0 Å². The molecule has 1 aliphatic carbocycles. The second kappa shape index (κ2) is 6.80. The Balaban J connectivity index is 1.67. The smallest absolute Gasteiger partial charge is 0.257 e. The first kappa shape index (κ1) is 17.2. The summed E-state index contributed by atoms with van der Waals surface area (Å²) in [6.07, 6.45) is 6.78. The molecule has 2 fully saturated rings. The van der Waals surface area contributed by atoms with Crippen LogP contribution in [0.3, 0.4) is 0 Å². The molecule has 1 aromatic heterocycles. The summed E-state index contributed by atoms with van der Waals surface area (Å²) in [4.78, 5) is 18.5. The average molecular weight is 354 g/mol. The summed E-state index contributed by atoms with van der Waals surface area (Å²) >= 11 is 0. The Bertz CT molecular complexity index is 798. The fourth-order valence-corrected chi connectivity index (χ4v) is 4.72. The minimum atomic E-state index is -0.931. The highest BCUT2D eigenvalue weighted by Gasteiger charge is 2.50. The van der Waals surface area contributed by atoms with Gasteiger partial charge in [-0.1, -0.05) is 43.2 Å². The largest absolute Gasteiger partial charge is 0.385 e. The summed E-state index contributed by atoms with van der Waals surface area (Å²) in [6.45, 7) is 0.424. The van der Waals surface area contributed by atoms with Crippen LogP contribution in [0.25, 0.3) is 0 Å². The number of aliphatic hydroxyl groups is 1. The zero-order valence-corrected chi connectivity index (χ0v) is 14.6. The van der Waals surface area contributed by atoms with Crippen molar-refractivity contribution in [3.63, 3.8) is 0 Å². The highest BCUT2D eigenvalue weighted by atomic mass is 19.1. The van der Waals surface area contributed by atoms with Gasteiger partial charge in [0.1, 0.15) is 0 Å². The third-order valence-electron chi connectivity index (χ3n) is 6.01. The van der Waals surface area contributed by atoms with E-state index in [0.29, 0.717) is 13.0 Å². The molecule has 2 heterocycles. The first-order valence-corrected chi connectivity index (χ1v) is 9.29. The summed E-state index contributed by atoms with van der Waals surface area (Å²) in [5.74, 6) is -0.910. The number of benzene rings is 1. The standard InChI is InChI=1S/C21H23FN2O2/c22-18-14-23-12-10-16(18)20(25)24-13-11-21(26,15-6-2-1-3-7-15)17-8-4-5-9-19(17)24/h1-3,6-7,10,12,14,17,19,26H,4-5,8-9,11,13H2/t17-,19+,21-/m0/s1. The van der Waals surface area contributed by atoms with Gasteiger partial charge in [0.15, 0.2) is 5.82 Å². The molecule has 4 rings (SSSR count). The number of fused-ring (bicyclic) bond motifs is 1. The Morgan fingerprint density at radius 1 is 1.19 bits per heavy atom. The van der Waals surface area contributed by atoms with E-state index in [0.717, 1.165) is 37.4 Å². The number of pyridine rings is 1. The van der Waals surface area contributed by atoms with Gasteiger partial charge in [0.05, 0.1) is 17.4 Å². The molecular weight excluding hydrogens is 331 g/mol. The predicted octanol–water partition coefficient (Wildman–Crippen LogP) is 3.51. The van der Waals surface area contributed by atoms with E-state index in [2.05, 4.69) is 4.98 Å². The fourth-order valence-electron chi connectivity index (χ4n) is 4.72. The Morgan fingerprint density at radius 2 is 1.96 bits per heavy atom. The maximum atomic E-state index is 14.1. The van der Waals surface area contributed by atoms with Crippen LogP contribution in [0.1, 0.15) is 48.0 Å². The van der Waals surface area contributed by atoms with E-state index in [-0.39, 0.29) is 23.4 Å². The first-order chi connectivity index (χ1) is 12.6. The zero-order chi connectivity index (χ0) is 18.1. The van der Waals surface area contributed by atoms with Crippen molar-refractivity contribution in [1.82, 2.24) is 9.88 Å². The molecule has 0 radical (unpaired) electrons. The van der Waals surface area contributed by atoms with Gasteiger partial charge in [0, 0.05) is 24.7 Å². The topological polar surface area (TPSA) is 53.4 Å². The number of likely N-dealkylation sites (tertiary alicyclic amines) is 1. The molecule has 1 aliphatic heterocycles. The van der Waals surface area contributed by atoms with Crippen molar-refractivity contribution in [2.75, 3.05) is 6.54 Å². The van der Waals surface area contributed by atoms with E-state index in [9.17, 15) is 14.3 Å². The van der Waals surface area contributed by atoms with E-state index in [1.54, 1.807) is 4.90 Å². The minimum Gasteiger partial charge on any atom is -0.385 e. The maximum absolute atomic E-state index is 14.1. The van der Waals surface area contributed by atoms with E-state index in [4.69, 9.17) is 0 Å². The lowest BCUT2D eigenvalue weighted by atomic mass is 9.66. The van der Waals surface area contributed by atoms with Crippen LogP contribution in [0.2, 0.25) is 0 Å². The quantitative estimate of drug-likeness (QED) is 0.898. The molecule has 1 saturated heterocycles. The van der Waals surface area contributed by atoms with Gasteiger partial charge in [-0.25, -0.2) is 4.39 Å². The van der Waals surface area contributed by atoms with Gasteiger partial charge in [-0.15, -0.1) is 0 Å². The SMILES string of the molecule is O=C(c1ccncc1F)N1CC[C@](O)(c2ccccc2)[C@H]2CCCC[C@H]21. The number of carbonyl (C=O) groups excluding carboxylic acids is 1. The van der Waals surface area contributed by atoms with Gasteiger partial charge >= 0.3 is 0 Å². The number of hydrogen-bond donors (Lipinski definition) is 1. The molecule has 1 N–H and O–H groups in total. The van der Waals surface area contributed by atoms with Crippen molar-refractivity contribution in [3.05, 3.63) is 65.7 Å². The molecule has 3 atom stereocenters. The fraction of sp³-hybridized carbons (Fsp3) is 0.429. The molecule has 1 amide bonds. The summed E-state index contributed by atoms with van der Waals surface area (Å²) in [5.41, 5.74) is 0.0495. The monoisotopic (exact) mass is 354 g/mol. The Labute approximate surface area is 152 Å². The van der Waals surface area contributed by atoms with Gasteiger partial charge in [-0.05, 0) is 30.9 Å². The number of aromatic nitrogens is 1. The minimum absolute atomic E-state index is 0.0266. The first-order valence-electron chi connectivity index (χ1n) is 9.29. The van der Waals surface area contributed by atoms with Crippen LogP contribution in [0.5, 0.6) is 0 Å². The summed E-state index contributed by atoms with van der Waals surface area (Å²) < 4.78 is 14.1. The second-order valence-corrected chi connectivity index (χ2v) is 7.35. The summed E-state index contributed by atoms with van der Waals surface area (Å²) in [7, 11) is 0. The molecule has 0 spiro atoms. The number of rotatable bonds is 2. The normalized spacial score (nSPS) is 28.5. The van der Waals surface area contributed by atoms with E-state index in [1.165, 1.54) is 12.3 Å². The molecule has 2 aliphatic rings. The van der Waals surface area contributed by atoms with E-state index >= 15 is 0 Å². The highest BCUT2D eigenvalue weighted by molar-refractivity contribution is 5.94. The second-order valence-electron chi connectivity index (χ2n) is 7.35. The maximum Gasteiger partial charge on any atom is 0.257 e. The number of hydrogen-bond acceptors (Lipinski definition) is 3. The van der Waals surface area contributed by atoms with Crippen LogP contribution in [0, 0.1) is 11.7 Å². The molecular formula is C21H23FN2O2. The number of carbonyl (C=O) groups is 1. The van der Waals surface area contributed by atoms with Gasteiger partial charge < -0.3 is 10.0 Å². The van der Waals surface area contributed by atoms with Crippen molar-refractivity contribution < 1.29 is 14.3 Å². The lowest BCUT2D eigenvalue weighted by Gasteiger charge is -2.52. The van der Waals surface area contributed by atoms with Crippen molar-refractivity contribution in [1.29, 1.82) is 0 Å².